The Hall–Kier alpha value is -1.34. The standard InChI is InChI=1S/C14H26N2O5/c1-4-5-6-11(12(18)19)15-13(20)16-7-10(8-17)21-14(2,3)9-16/h10-11,17H,4-9H2,1-3H3,(H,15,20)(H,18,19). The van der Waals surface area contributed by atoms with Gasteiger partial charge in [-0.05, 0) is 20.3 Å². The lowest BCUT2D eigenvalue weighted by molar-refractivity contribution is -0.141. The molecule has 2 unspecified atom stereocenters. The van der Waals surface area contributed by atoms with Crippen molar-refractivity contribution in [3.8, 4) is 0 Å². The van der Waals surface area contributed by atoms with Crippen LogP contribution in [0.2, 0.25) is 0 Å². The van der Waals surface area contributed by atoms with Gasteiger partial charge in [0.25, 0.3) is 0 Å². The predicted octanol–water partition coefficient (Wildman–Crippen LogP) is 0.811. The van der Waals surface area contributed by atoms with Crippen molar-refractivity contribution in [1.29, 1.82) is 0 Å². The number of hydrogen-bond donors (Lipinski definition) is 3. The van der Waals surface area contributed by atoms with Gasteiger partial charge < -0.3 is 25.2 Å². The first-order valence-electron chi connectivity index (χ1n) is 7.36. The van der Waals surface area contributed by atoms with Crippen molar-refractivity contribution in [3.63, 3.8) is 0 Å². The normalized spacial score (nSPS) is 22.7. The van der Waals surface area contributed by atoms with E-state index in [9.17, 15) is 14.7 Å². The van der Waals surface area contributed by atoms with Crippen LogP contribution in [0.1, 0.15) is 40.0 Å². The van der Waals surface area contributed by atoms with Crippen LogP contribution < -0.4 is 5.32 Å². The molecule has 21 heavy (non-hydrogen) atoms. The number of urea groups is 1. The van der Waals surface area contributed by atoms with E-state index in [1.54, 1.807) is 0 Å². The summed E-state index contributed by atoms with van der Waals surface area (Å²) in [6.45, 7) is 6.07. The van der Waals surface area contributed by atoms with Crippen molar-refractivity contribution >= 4 is 12.0 Å². The number of carbonyl (C=O) groups excluding carboxylic acids is 1. The summed E-state index contributed by atoms with van der Waals surface area (Å²) in [5.74, 6) is -1.02. The van der Waals surface area contributed by atoms with E-state index in [0.717, 1.165) is 12.8 Å². The number of aliphatic hydroxyl groups excluding tert-OH is 1. The lowest BCUT2D eigenvalue weighted by Gasteiger charge is -2.42. The largest absolute Gasteiger partial charge is 0.480 e. The molecule has 1 fully saturated rings. The number of amides is 2. The zero-order valence-electron chi connectivity index (χ0n) is 13.0. The third-order valence-corrected chi connectivity index (χ3v) is 3.41. The van der Waals surface area contributed by atoms with Gasteiger partial charge in [-0.2, -0.15) is 0 Å². The fourth-order valence-corrected chi connectivity index (χ4v) is 2.45. The van der Waals surface area contributed by atoms with Crippen LogP contribution >= 0.6 is 0 Å². The molecule has 1 saturated heterocycles. The zero-order chi connectivity index (χ0) is 16.0. The van der Waals surface area contributed by atoms with Gasteiger partial charge in [-0.15, -0.1) is 0 Å². The molecule has 2 atom stereocenters. The Morgan fingerprint density at radius 1 is 1.48 bits per heavy atom. The highest BCUT2D eigenvalue weighted by atomic mass is 16.5. The average Bonchev–Trinajstić information content (AvgIpc) is 2.40. The number of carbonyl (C=O) groups is 2. The number of aliphatic carboxylic acids is 1. The minimum Gasteiger partial charge on any atom is -0.480 e. The summed E-state index contributed by atoms with van der Waals surface area (Å²) in [7, 11) is 0. The molecule has 2 amide bonds. The molecular formula is C14H26N2O5. The number of nitrogens with one attached hydrogen (secondary N) is 1. The lowest BCUT2D eigenvalue weighted by atomic mass is 10.1. The molecule has 0 aromatic carbocycles. The van der Waals surface area contributed by atoms with Gasteiger partial charge in [0, 0.05) is 0 Å². The summed E-state index contributed by atoms with van der Waals surface area (Å²) < 4.78 is 5.63. The second kappa shape index (κ2) is 7.61. The average molecular weight is 302 g/mol. The van der Waals surface area contributed by atoms with E-state index in [4.69, 9.17) is 9.84 Å². The Morgan fingerprint density at radius 3 is 2.67 bits per heavy atom. The molecule has 1 rings (SSSR count). The molecule has 0 aromatic heterocycles. The van der Waals surface area contributed by atoms with E-state index in [0.29, 0.717) is 13.0 Å². The summed E-state index contributed by atoms with van der Waals surface area (Å²) >= 11 is 0. The molecule has 7 nitrogen and oxygen atoms in total. The summed E-state index contributed by atoms with van der Waals surface area (Å²) in [4.78, 5) is 24.9. The molecule has 1 heterocycles. The molecular weight excluding hydrogens is 276 g/mol. The monoisotopic (exact) mass is 302 g/mol. The summed E-state index contributed by atoms with van der Waals surface area (Å²) in [5, 5.41) is 20.9. The topological polar surface area (TPSA) is 99.1 Å². The lowest BCUT2D eigenvalue weighted by Crippen LogP contribution is -2.59. The number of unbranched alkanes of at least 4 members (excludes halogenated alkanes) is 1. The Balaban J connectivity index is 2.65. The highest BCUT2D eigenvalue weighted by Crippen LogP contribution is 2.21. The number of carboxylic acids is 1. The number of morpholine rings is 1. The van der Waals surface area contributed by atoms with Gasteiger partial charge in [-0.1, -0.05) is 19.8 Å². The molecule has 0 radical (unpaired) electrons. The van der Waals surface area contributed by atoms with Crippen molar-refractivity contribution in [1.82, 2.24) is 10.2 Å². The zero-order valence-corrected chi connectivity index (χ0v) is 13.0. The Kier molecular flexibility index (Phi) is 6.42. The van der Waals surface area contributed by atoms with Crippen LogP contribution in [0.25, 0.3) is 0 Å². The van der Waals surface area contributed by atoms with Gasteiger partial charge in [0.15, 0.2) is 0 Å². The van der Waals surface area contributed by atoms with Crippen LogP contribution in [0.3, 0.4) is 0 Å². The van der Waals surface area contributed by atoms with Crippen molar-refractivity contribution in [2.75, 3.05) is 19.7 Å². The number of carboxylic acid groups (broad SMARTS) is 1. The molecule has 1 aliphatic heterocycles. The molecule has 1 aliphatic rings. The maximum absolute atomic E-state index is 12.2. The Labute approximate surface area is 125 Å². The minimum absolute atomic E-state index is 0.175. The Bertz CT molecular complexity index is 372. The van der Waals surface area contributed by atoms with Gasteiger partial charge in [0.1, 0.15) is 6.04 Å². The maximum Gasteiger partial charge on any atom is 0.326 e. The van der Waals surface area contributed by atoms with Crippen LogP contribution in [0.15, 0.2) is 0 Å². The van der Waals surface area contributed by atoms with Crippen molar-refractivity contribution in [2.45, 2.75) is 57.8 Å². The van der Waals surface area contributed by atoms with Crippen LogP contribution in [0, 0.1) is 0 Å². The van der Waals surface area contributed by atoms with E-state index in [1.165, 1.54) is 4.90 Å². The highest BCUT2D eigenvalue weighted by molar-refractivity contribution is 5.82. The van der Waals surface area contributed by atoms with Crippen molar-refractivity contribution in [2.24, 2.45) is 0 Å². The van der Waals surface area contributed by atoms with Gasteiger partial charge in [0.05, 0.1) is 31.4 Å². The molecule has 122 valence electrons. The maximum atomic E-state index is 12.2. The van der Waals surface area contributed by atoms with Crippen LogP contribution in [0.5, 0.6) is 0 Å². The van der Waals surface area contributed by atoms with Gasteiger partial charge in [-0.25, -0.2) is 9.59 Å². The molecule has 0 aromatic rings. The second-order valence-electron chi connectivity index (χ2n) is 6.05. The number of rotatable bonds is 6. The van der Waals surface area contributed by atoms with Crippen LogP contribution in [-0.4, -0.2) is 64.6 Å². The minimum atomic E-state index is -1.02. The first kappa shape index (κ1) is 17.7. The molecule has 0 aliphatic carbocycles. The summed E-state index contributed by atoms with van der Waals surface area (Å²) in [6, 6.07) is -1.30. The molecule has 0 saturated carbocycles. The van der Waals surface area contributed by atoms with Crippen LogP contribution in [-0.2, 0) is 9.53 Å². The SMILES string of the molecule is CCCCC(NC(=O)N1CC(CO)OC(C)(C)C1)C(=O)O. The fourth-order valence-electron chi connectivity index (χ4n) is 2.45. The predicted molar refractivity (Wildman–Crippen MR) is 77.1 cm³/mol. The molecule has 3 N–H and O–H groups in total. The van der Waals surface area contributed by atoms with Gasteiger partial charge in [-0.3, -0.25) is 0 Å². The van der Waals surface area contributed by atoms with Gasteiger partial charge in [0.2, 0.25) is 0 Å². The Morgan fingerprint density at radius 2 is 2.14 bits per heavy atom. The third-order valence-electron chi connectivity index (χ3n) is 3.41. The molecule has 7 heteroatoms. The summed E-state index contributed by atoms with van der Waals surface area (Å²) in [5.41, 5.74) is -0.564. The smallest absolute Gasteiger partial charge is 0.326 e. The molecule has 0 spiro atoms. The van der Waals surface area contributed by atoms with Crippen LogP contribution in [0.4, 0.5) is 4.79 Å². The third kappa shape index (κ3) is 5.51. The fraction of sp³-hybridized carbons (Fsp3) is 0.857. The van der Waals surface area contributed by atoms with E-state index in [2.05, 4.69) is 5.32 Å². The number of aliphatic hydroxyl groups is 1. The highest BCUT2D eigenvalue weighted by Gasteiger charge is 2.36. The van der Waals surface area contributed by atoms with E-state index in [-0.39, 0.29) is 13.2 Å². The quantitative estimate of drug-likeness (QED) is 0.674. The van der Waals surface area contributed by atoms with E-state index in [1.807, 2.05) is 20.8 Å². The summed E-state index contributed by atoms with van der Waals surface area (Å²) in [6.07, 6.45) is 1.58. The first-order chi connectivity index (χ1) is 9.79. The number of ether oxygens (including phenoxy) is 1. The van der Waals surface area contributed by atoms with E-state index < -0.39 is 29.7 Å². The van der Waals surface area contributed by atoms with E-state index >= 15 is 0 Å². The van der Waals surface area contributed by atoms with Crippen molar-refractivity contribution < 1.29 is 24.5 Å². The van der Waals surface area contributed by atoms with Gasteiger partial charge >= 0.3 is 12.0 Å². The number of hydrogen-bond acceptors (Lipinski definition) is 4. The molecule has 0 bridgehead atoms. The second-order valence-corrected chi connectivity index (χ2v) is 6.05. The van der Waals surface area contributed by atoms with Crippen molar-refractivity contribution in [3.05, 3.63) is 0 Å². The number of nitrogens with zero attached hydrogens (tertiary/aromatic N) is 1. The first-order valence-corrected chi connectivity index (χ1v) is 7.36.